The van der Waals surface area contributed by atoms with Crippen LogP contribution in [0.15, 0.2) is 0 Å². The van der Waals surface area contributed by atoms with E-state index in [4.69, 9.17) is 21.7 Å². The van der Waals surface area contributed by atoms with Gasteiger partial charge in [0.25, 0.3) is 0 Å². The number of primary amides is 1. The normalized spacial score (nSPS) is 16.2. The lowest BCUT2D eigenvalue weighted by Crippen LogP contribution is -2.63. The van der Waals surface area contributed by atoms with Gasteiger partial charge in [0.2, 0.25) is 53.2 Å². The van der Waals surface area contributed by atoms with Gasteiger partial charge in [-0.05, 0) is 32.1 Å². The second-order valence-corrected chi connectivity index (χ2v) is 14.4. The van der Waals surface area contributed by atoms with Crippen molar-refractivity contribution in [3.63, 3.8) is 0 Å². The summed E-state index contributed by atoms with van der Waals surface area (Å²) < 4.78 is 0. The third-order valence-corrected chi connectivity index (χ3v) is 8.53. The molecule has 0 spiro atoms. The van der Waals surface area contributed by atoms with E-state index in [2.05, 4.69) is 37.2 Å². The zero-order valence-corrected chi connectivity index (χ0v) is 34.1. The Morgan fingerprint density at radius 2 is 0.850 bits per heavy atom. The first kappa shape index (κ1) is 54.5. The quantitative estimate of drug-likeness (QED) is 0.0364. The molecule has 0 fully saturated rings. The minimum atomic E-state index is -1.78. The maximum Gasteiger partial charge on any atom is 0.328 e. The molecule has 0 saturated carbocycles. The van der Waals surface area contributed by atoms with Gasteiger partial charge in [0, 0.05) is 6.42 Å². The number of nitrogens with one attached hydrogen (secondary N) is 8. The summed E-state index contributed by atoms with van der Waals surface area (Å²) in [4.78, 5) is 125. The summed E-state index contributed by atoms with van der Waals surface area (Å²) >= 11 is 0. The Morgan fingerprint density at radius 1 is 0.500 bits per heavy atom. The summed E-state index contributed by atoms with van der Waals surface area (Å²) in [6, 6.07) is -12.9. The molecular weight excluding hydrogens is 804 g/mol. The summed E-state index contributed by atoms with van der Waals surface area (Å²) in [6.07, 6.45) is -3.50. The average Bonchev–Trinajstić information content (AvgIpc) is 3.16. The lowest BCUT2D eigenvalue weighted by Gasteiger charge is -2.30. The summed E-state index contributed by atoms with van der Waals surface area (Å²) in [7, 11) is 0. The van der Waals surface area contributed by atoms with Gasteiger partial charge in [0.15, 0.2) is 0 Å². The van der Waals surface area contributed by atoms with Gasteiger partial charge in [-0.25, -0.2) is 4.79 Å². The monoisotopic (exact) mass is 864 g/mol. The van der Waals surface area contributed by atoms with Gasteiger partial charge in [-0.2, -0.15) is 0 Å². The summed E-state index contributed by atoms with van der Waals surface area (Å²) in [5.74, 6) is -12.2. The summed E-state index contributed by atoms with van der Waals surface area (Å²) in [6.45, 7) is 4.37. The number of nitrogens with two attached hydrogens (primary N) is 2. The Balaban J connectivity index is 5.82. The molecule has 0 aliphatic rings. The maximum absolute atomic E-state index is 13.5. The molecule has 26 nitrogen and oxygen atoms in total. The molecule has 342 valence electrons. The standard InChI is InChI=1S/C34H60N10O16/c1-13(2)23(30(55)38-18(10-45)28(53)40-20(12-47)34(59)60)43-33(58)26(16(6)49)44-31(56)24(14(3)4)42-29(54)19(11-46)39-32(57)25(15(5)48)41-22(51)9-37-27(52)17(35)7-8-21(36)50/h13-20,23-26,45-49H,7-12,35H2,1-6H3,(H2,36,50)(H,37,52)(H,38,55)(H,39,57)(H,40,53)(H,41,51)(H,42,54)(H,43,58)(H,44,56)(H,59,60)/t15-,16-,17+,18+,19+,20+,23+,24+,25+,26+/m1/s1. The number of carboxylic acids is 1. The van der Waals surface area contributed by atoms with Crippen LogP contribution in [0.5, 0.6) is 0 Å². The highest BCUT2D eigenvalue weighted by molar-refractivity contribution is 5.98. The van der Waals surface area contributed by atoms with E-state index in [9.17, 15) is 68.4 Å². The Hall–Kier alpha value is -5.54. The molecule has 0 rings (SSSR count). The zero-order chi connectivity index (χ0) is 46.6. The molecule has 0 bridgehead atoms. The second-order valence-electron chi connectivity index (χ2n) is 14.4. The van der Waals surface area contributed by atoms with Gasteiger partial charge in [0.1, 0.15) is 42.3 Å². The van der Waals surface area contributed by atoms with E-state index in [0.717, 1.165) is 13.8 Å². The molecule has 9 amide bonds. The van der Waals surface area contributed by atoms with Gasteiger partial charge >= 0.3 is 5.97 Å². The van der Waals surface area contributed by atoms with Crippen molar-refractivity contribution in [1.29, 1.82) is 0 Å². The Labute approximate surface area is 344 Å². The molecule has 0 unspecified atom stereocenters. The van der Waals surface area contributed by atoms with Crippen molar-refractivity contribution >= 4 is 59.1 Å². The molecule has 0 aliphatic heterocycles. The molecule has 0 aromatic rings. The lowest BCUT2D eigenvalue weighted by atomic mass is 10.00. The lowest BCUT2D eigenvalue weighted by molar-refractivity contribution is -0.143. The molecule has 26 heteroatoms. The van der Waals surface area contributed by atoms with Crippen LogP contribution in [0.2, 0.25) is 0 Å². The van der Waals surface area contributed by atoms with E-state index >= 15 is 0 Å². The van der Waals surface area contributed by atoms with E-state index in [-0.39, 0.29) is 12.8 Å². The second kappa shape index (κ2) is 26.5. The number of aliphatic carboxylic acids is 1. The first-order valence-corrected chi connectivity index (χ1v) is 18.7. The average molecular weight is 865 g/mol. The van der Waals surface area contributed by atoms with Gasteiger partial charge in [-0.1, -0.05) is 27.7 Å². The predicted octanol–water partition coefficient (Wildman–Crippen LogP) is -8.78. The largest absolute Gasteiger partial charge is 0.480 e. The number of hydrogen-bond acceptors (Lipinski definition) is 16. The van der Waals surface area contributed by atoms with Crippen molar-refractivity contribution in [2.75, 3.05) is 26.4 Å². The van der Waals surface area contributed by atoms with Crippen LogP contribution in [0, 0.1) is 11.8 Å². The fourth-order valence-electron chi connectivity index (χ4n) is 4.94. The first-order chi connectivity index (χ1) is 27.8. The van der Waals surface area contributed by atoms with Crippen LogP contribution in [-0.2, 0) is 47.9 Å². The van der Waals surface area contributed by atoms with Crippen molar-refractivity contribution in [1.82, 2.24) is 42.5 Å². The molecular formula is C34H60N10O16. The van der Waals surface area contributed by atoms with Crippen LogP contribution in [-0.4, -0.2) is 177 Å². The SMILES string of the molecule is CC(C)[C@H](NC(=O)[C@H](CO)NC(=O)[C@@H](NC(=O)CNC(=O)[C@@H](N)CCC(N)=O)[C@@H](C)O)C(=O)N[C@H](C(=O)N[C@H](C(=O)N[C@@H](CO)C(=O)N[C@@H](CO)C(=O)O)C(C)C)[C@@H](C)O. The first-order valence-electron chi connectivity index (χ1n) is 18.7. The molecule has 0 radical (unpaired) electrons. The predicted molar refractivity (Wildman–Crippen MR) is 205 cm³/mol. The molecule has 18 N–H and O–H groups in total. The third kappa shape index (κ3) is 18.6. The van der Waals surface area contributed by atoms with Crippen LogP contribution in [0.25, 0.3) is 0 Å². The van der Waals surface area contributed by atoms with Gasteiger partial charge in [0.05, 0.1) is 44.6 Å². The highest BCUT2D eigenvalue weighted by Crippen LogP contribution is 2.08. The Morgan fingerprint density at radius 3 is 1.25 bits per heavy atom. The minimum Gasteiger partial charge on any atom is -0.480 e. The highest BCUT2D eigenvalue weighted by Gasteiger charge is 2.37. The molecule has 0 aromatic carbocycles. The molecule has 0 aliphatic carbocycles. The number of rotatable bonds is 27. The zero-order valence-electron chi connectivity index (χ0n) is 34.1. The smallest absolute Gasteiger partial charge is 0.328 e. The van der Waals surface area contributed by atoms with Crippen LogP contribution in [0.3, 0.4) is 0 Å². The highest BCUT2D eigenvalue weighted by atomic mass is 16.4. The topological polar surface area (TPSA) is 440 Å². The van der Waals surface area contributed by atoms with Crippen molar-refractivity contribution in [3.05, 3.63) is 0 Å². The molecule has 60 heavy (non-hydrogen) atoms. The Bertz CT molecular complexity index is 1530. The number of aliphatic hydroxyl groups excluding tert-OH is 5. The fourth-order valence-corrected chi connectivity index (χ4v) is 4.94. The van der Waals surface area contributed by atoms with E-state index < -0.39 is 158 Å². The van der Waals surface area contributed by atoms with E-state index in [1.54, 1.807) is 0 Å². The molecule has 0 aromatic heterocycles. The third-order valence-electron chi connectivity index (χ3n) is 8.53. The number of carbonyl (C=O) groups excluding carboxylic acids is 9. The van der Waals surface area contributed by atoms with E-state index in [1.165, 1.54) is 27.7 Å². The molecule has 0 saturated heterocycles. The van der Waals surface area contributed by atoms with Crippen molar-refractivity contribution in [3.8, 4) is 0 Å². The van der Waals surface area contributed by atoms with Crippen molar-refractivity contribution in [2.24, 2.45) is 23.3 Å². The Kier molecular flexibility index (Phi) is 24.1. The molecule has 10 atom stereocenters. The fraction of sp³-hybridized carbons (Fsp3) is 0.706. The van der Waals surface area contributed by atoms with Crippen molar-refractivity contribution < 1.29 is 78.6 Å². The van der Waals surface area contributed by atoms with Crippen LogP contribution in [0.4, 0.5) is 0 Å². The van der Waals surface area contributed by atoms with E-state index in [1.807, 2.05) is 5.32 Å². The minimum absolute atomic E-state index is 0.105. The van der Waals surface area contributed by atoms with Crippen LogP contribution in [0.1, 0.15) is 54.4 Å². The van der Waals surface area contributed by atoms with Crippen LogP contribution < -0.4 is 54.0 Å². The van der Waals surface area contributed by atoms with Gasteiger partial charge < -0.3 is 84.6 Å². The molecule has 0 heterocycles. The number of amides is 9. The van der Waals surface area contributed by atoms with E-state index in [0.29, 0.717) is 0 Å². The van der Waals surface area contributed by atoms with Crippen molar-refractivity contribution in [2.45, 2.75) is 115 Å². The van der Waals surface area contributed by atoms with Gasteiger partial charge in [-0.3, -0.25) is 43.2 Å². The van der Waals surface area contributed by atoms with Crippen LogP contribution >= 0.6 is 0 Å². The summed E-state index contributed by atoms with van der Waals surface area (Å²) in [5.41, 5.74) is 10.7. The number of hydrogen-bond donors (Lipinski definition) is 16. The summed E-state index contributed by atoms with van der Waals surface area (Å²) in [5, 5.41) is 75.9. The number of carbonyl (C=O) groups is 10. The number of carboxylic acid groups (broad SMARTS) is 1. The van der Waals surface area contributed by atoms with Gasteiger partial charge in [-0.15, -0.1) is 0 Å². The maximum atomic E-state index is 13.5. The number of aliphatic hydroxyl groups is 5.